The van der Waals surface area contributed by atoms with Crippen LogP contribution in [0.1, 0.15) is 33.4 Å². The molecule has 0 aliphatic carbocycles. The number of rotatable bonds is 7. The Balaban J connectivity index is 2.18. The van der Waals surface area contributed by atoms with Crippen molar-refractivity contribution in [2.45, 2.75) is 31.9 Å². The molecule has 3 heteroatoms. The fourth-order valence-electron chi connectivity index (χ4n) is 5.16. The Morgan fingerprint density at radius 1 is 0.667 bits per heavy atom. The number of carboxylic acid groups (broad SMARTS) is 1. The van der Waals surface area contributed by atoms with E-state index in [4.69, 9.17) is 0 Å². The molecule has 0 fully saturated rings. The third-order valence-electron chi connectivity index (χ3n) is 6.52. The van der Waals surface area contributed by atoms with Gasteiger partial charge in [0.15, 0.2) is 0 Å². The molecule has 0 radical (unpaired) electrons. The zero-order valence-corrected chi connectivity index (χ0v) is 21.6. The third-order valence-corrected chi connectivity index (χ3v) is 17.5. The van der Waals surface area contributed by atoms with Gasteiger partial charge in [-0.15, -0.1) is 0 Å². The number of hydrogen-bond acceptors (Lipinski definition) is 1. The molecule has 4 rings (SSSR count). The van der Waals surface area contributed by atoms with Crippen LogP contribution >= 0.6 is 0 Å². The summed E-state index contributed by atoms with van der Waals surface area (Å²) in [7, 11) is 0. The predicted molar refractivity (Wildman–Crippen MR) is 140 cm³/mol. The van der Waals surface area contributed by atoms with Gasteiger partial charge >= 0.3 is 200 Å². The van der Waals surface area contributed by atoms with Gasteiger partial charge in [0, 0.05) is 0 Å². The van der Waals surface area contributed by atoms with E-state index in [0.29, 0.717) is 0 Å². The standard InChI is InChI=1S/C30H30GeO2/c1-22-10-7-15-26(18-22)31(27-16-8-11-23(2)19-27,28-17-9-12-24(3)20-28)29(21-30(32)33)25-13-5-4-6-14-25/h4-20,29H,21H2,1-3H3,(H,32,33). The molecule has 166 valence electrons. The van der Waals surface area contributed by atoms with Crippen LogP contribution in [0, 0.1) is 20.8 Å². The van der Waals surface area contributed by atoms with Gasteiger partial charge in [-0.2, -0.15) is 0 Å². The van der Waals surface area contributed by atoms with E-state index in [1.165, 1.54) is 29.9 Å². The van der Waals surface area contributed by atoms with Gasteiger partial charge in [0.1, 0.15) is 0 Å². The summed E-state index contributed by atoms with van der Waals surface area (Å²) < 4.78 is 3.76. The molecule has 0 amide bonds. The SMILES string of the molecule is Cc1ccc[c]([Ge]([c]2cccc(C)c2)([c]2cccc(C)c2)[CH](CC(=O)O)c2ccccc2)c1. The fraction of sp³-hybridized carbons (Fsp3) is 0.167. The van der Waals surface area contributed by atoms with Gasteiger partial charge < -0.3 is 0 Å². The third kappa shape index (κ3) is 4.67. The van der Waals surface area contributed by atoms with Gasteiger partial charge in [-0.1, -0.05) is 0 Å². The van der Waals surface area contributed by atoms with Crippen LogP contribution in [0.15, 0.2) is 103 Å². The summed E-state index contributed by atoms with van der Waals surface area (Å²) in [4.78, 5) is 12.4. The molecule has 0 saturated heterocycles. The van der Waals surface area contributed by atoms with E-state index < -0.39 is 19.2 Å². The molecule has 0 spiro atoms. The van der Waals surface area contributed by atoms with Gasteiger partial charge in [0.25, 0.3) is 0 Å². The first-order chi connectivity index (χ1) is 15.9. The molecule has 0 aromatic heterocycles. The van der Waals surface area contributed by atoms with Crippen molar-refractivity contribution in [3.05, 3.63) is 125 Å². The van der Waals surface area contributed by atoms with Gasteiger partial charge in [-0.25, -0.2) is 0 Å². The summed E-state index contributed by atoms with van der Waals surface area (Å²) in [5, 5.41) is 10.1. The molecule has 33 heavy (non-hydrogen) atoms. The fourth-order valence-corrected chi connectivity index (χ4v) is 17.4. The van der Waals surface area contributed by atoms with Crippen LogP contribution in [0.25, 0.3) is 0 Å². The predicted octanol–water partition coefficient (Wildman–Crippen LogP) is 4.88. The number of aryl methyl sites for hydroxylation is 3. The van der Waals surface area contributed by atoms with Crippen LogP contribution in [0.4, 0.5) is 0 Å². The molecule has 2 nitrogen and oxygen atoms in total. The van der Waals surface area contributed by atoms with E-state index in [0.717, 1.165) is 5.56 Å². The number of carbonyl (C=O) groups is 1. The molecule has 1 N–H and O–H groups in total. The topological polar surface area (TPSA) is 37.3 Å². The summed E-state index contributed by atoms with van der Waals surface area (Å²) in [5.41, 5.74) is 4.70. The molecule has 0 aliphatic heterocycles. The Kier molecular flexibility index (Phi) is 6.85. The second kappa shape index (κ2) is 9.80. The minimum absolute atomic E-state index is 0.0971. The van der Waals surface area contributed by atoms with Gasteiger partial charge in [-0.05, 0) is 0 Å². The van der Waals surface area contributed by atoms with E-state index in [2.05, 4.69) is 106 Å². The van der Waals surface area contributed by atoms with Crippen LogP contribution < -0.4 is 13.2 Å². The maximum atomic E-state index is 12.4. The van der Waals surface area contributed by atoms with E-state index in [9.17, 15) is 9.90 Å². The second-order valence-corrected chi connectivity index (χ2v) is 17.5. The zero-order valence-electron chi connectivity index (χ0n) is 19.5. The normalized spacial score (nSPS) is 12.3. The summed E-state index contributed by atoms with van der Waals surface area (Å²) in [6.45, 7) is 6.37. The van der Waals surface area contributed by atoms with Crippen molar-refractivity contribution >= 4 is 32.4 Å². The molecule has 1 atom stereocenters. The molecule has 0 heterocycles. The van der Waals surface area contributed by atoms with E-state index in [-0.39, 0.29) is 11.2 Å². The molecule has 0 bridgehead atoms. The van der Waals surface area contributed by atoms with Crippen LogP contribution in [0.5, 0.6) is 0 Å². The van der Waals surface area contributed by atoms with Crippen molar-refractivity contribution < 1.29 is 9.90 Å². The quantitative estimate of drug-likeness (QED) is 0.372. The Labute approximate surface area is 199 Å². The number of benzene rings is 4. The van der Waals surface area contributed by atoms with E-state index >= 15 is 0 Å². The van der Waals surface area contributed by atoms with E-state index in [1.807, 2.05) is 18.2 Å². The maximum absolute atomic E-state index is 12.4. The Morgan fingerprint density at radius 3 is 1.45 bits per heavy atom. The van der Waals surface area contributed by atoms with Crippen molar-refractivity contribution in [1.29, 1.82) is 0 Å². The number of hydrogen-bond donors (Lipinski definition) is 1. The van der Waals surface area contributed by atoms with Crippen LogP contribution in [-0.2, 0) is 4.79 Å². The first-order valence-corrected chi connectivity index (χ1v) is 15.8. The summed E-state index contributed by atoms with van der Waals surface area (Å²) >= 11 is -3.59. The molecule has 4 aromatic carbocycles. The minimum atomic E-state index is -3.59. The number of carboxylic acids is 1. The van der Waals surface area contributed by atoms with Crippen molar-refractivity contribution in [3.8, 4) is 0 Å². The van der Waals surface area contributed by atoms with Crippen LogP contribution in [-0.4, -0.2) is 24.3 Å². The average Bonchev–Trinajstić information content (AvgIpc) is 2.79. The van der Waals surface area contributed by atoms with E-state index in [1.54, 1.807) is 0 Å². The Hall–Kier alpha value is -3.11. The Morgan fingerprint density at radius 2 is 1.09 bits per heavy atom. The monoisotopic (exact) mass is 496 g/mol. The summed E-state index contributed by atoms with van der Waals surface area (Å²) in [6, 6.07) is 36.6. The van der Waals surface area contributed by atoms with Crippen LogP contribution in [0.3, 0.4) is 0 Å². The zero-order chi connectivity index (χ0) is 23.4. The van der Waals surface area contributed by atoms with Crippen molar-refractivity contribution in [2.75, 3.05) is 0 Å². The van der Waals surface area contributed by atoms with Gasteiger partial charge in [-0.3, -0.25) is 0 Å². The number of aliphatic carboxylic acids is 1. The van der Waals surface area contributed by atoms with Gasteiger partial charge in [0.2, 0.25) is 0 Å². The molecular formula is C30H30GeO2. The van der Waals surface area contributed by atoms with Crippen molar-refractivity contribution in [1.82, 2.24) is 0 Å². The van der Waals surface area contributed by atoms with Crippen molar-refractivity contribution in [3.63, 3.8) is 0 Å². The first kappa shape index (κ1) is 23.1. The molecular weight excluding hydrogens is 465 g/mol. The second-order valence-electron chi connectivity index (χ2n) is 8.98. The molecule has 1 unspecified atom stereocenters. The summed E-state index contributed by atoms with van der Waals surface area (Å²) in [6.07, 6.45) is 0.0971. The van der Waals surface area contributed by atoms with Crippen molar-refractivity contribution in [2.24, 2.45) is 0 Å². The van der Waals surface area contributed by atoms with Gasteiger partial charge in [0.05, 0.1) is 0 Å². The molecule has 4 aromatic rings. The first-order valence-electron chi connectivity index (χ1n) is 11.4. The molecule has 0 aliphatic rings. The van der Waals surface area contributed by atoms with Crippen LogP contribution in [0.2, 0.25) is 0 Å². The Bertz CT molecular complexity index is 1150. The summed E-state index contributed by atoms with van der Waals surface area (Å²) in [5.74, 6) is -0.758. The average molecular weight is 495 g/mol. The molecule has 0 saturated carbocycles.